The highest BCUT2D eigenvalue weighted by Crippen LogP contribution is 2.24. The van der Waals surface area contributed by atoms with Gasteiger partial charge < -0.3 is 0 Å². The molecule has 0 spiro atoms. The summed E-state index contributed by atoms with van der Waals surface area (Å²) >= 11 is 7.34. The van der Waals surface area contributed by atoms with Crippen LogP contribution in [0.5, 0.6) is 0 Å². The summed E-state index contributed by atoms with van der Waals surface area (Å²) in [5.41, 5.74) is 2.75. The number of benzene rings is 1. The Kier molecular flexibility index (Phi) is 4.13. The van der Waals surface area contributed by atoms with Gasteiger partial charge in [-0.1, -0.05) is 24.3 Å². The zero-order chi connectivity index (χ0) is 14.7. The van der Waals surface area contributed by atoms with Crippen LogP contribution in [0.15, 0.2) is 52.9 Å². The molecule has 0 unspecified atom stereocenters. The van der Waals surface area contributed by atoms with Crippen LogP contribution in [0.1, 0.15) is 11.3 Å². The van der Waals surface area contributed by atoms with Gasteiger partial charge in [-0.25, -0.2) is 14.8 Å². The molecule has 2 aromatic heterocycles. The second-order valence-corrected chi connectivity index (χ2v) is 5.63. The van der Waals surface area contributed by atoms with Crippen LogP contribution in [0.4, 0.5) is 0 Å². The molecule has 2 heterocycles. The van der Waals surface area contributed by atoms with E-state index in [4.69, 9.17) is 11.6 Å². The van der Waals surface area contributed by atoms with Gasteiger partial charge in [-0.2, -0.15) is 0 Å². The molecule has 0 fully saturated rings. The van der Waals surface area contributed by atoms with E-state index < -0.39 is 0 Å². The van der Waals surface area contributed by atoms with Gasteiger partial charge in [0.25, 0.3) is 0 Å². The van der Waals surface area contributed by atoms with Crippen molar-refractivity contribution in [2.45, 2.75) is 12.4 Å². The average Bonchev–Trinajstić information content (AvgIpc) is 2.99. The molecule has 0 amide bonds. The van der Waals surface area contributed by atoms with Crippen LogP contribution >= 0.6 is 22.9 Å². The van der Waals surface area contributed by atoms with E-state index in [1.807, 2.05) is 29.6 Å². The SMILES string of the molecule is O=c1ncccn1Cc1ccc(-c2nc(CCl)cs2)cc1. The minimum Gasteiger partial charge on any atom is -0.295 e. The summed E-state index contributed by atoms with van der Waals surface area (Å²) < 4.78 is 1.57. The third kappa shape index (κ3) is 3.20. The predicted octanol–water partition coefficient (Wildman–Crippen LogP) is 3.15. The van der Waals surface area contributed by atoms with Crippen molar-refractivity contribution in [1.82, 2.24) is 14.5 Å². The second-order valence-electron chi connectivity index (χ2n) is 4.50. The summed E-state index contributed by atoms with van der Waals surface area (Å²) in [5.74, 6) is 0.429. The van der Waals surface area contributed by atoms with Crippen LogP contribution in [0.3, 0.4) is 0 Å². The number of hydrogen-bond acceptors (Lipinski definition) is 4. The van der Waals surface area contributed by atoms with Crippen molar-refractivity contribution in [1.29, 1.82) is 0 Å². The van der Waals surface area contributed by atoms with Gasteiger partial charge >= 0.3 is 5.69 Å². The topological polar surface area (TPSA) is 47.8 Å². The molecule has 1 aromatic carbocycles. The standard InChI is InChI=1S/C15H12ClN3OS/c16-8-13-10-21-14(18-13)12-4-2-11(3-5-12)9-19-7-1-6-17-15(19)20/h1-7,10H,8-9H2. The predicted molar refractivity (Wildman–Crippen MR) is 84.7 cm³/mol. The number of hydrogen-bond donors (Lipinski definition) is 0. The maximum absolute atomic E-state index is 11.6. The van der Waals surface area contributed by atoms with E-state index in [0.717, 1.165) is 21.8 Å². The van der Waals surface area contributed by atoms with E-state index in [-0.39, 0.29) is 5.69 Å². The molecule has 0 aliphatic heterocycles. The Labute approximate surface area is 130 Å². The summed E-state index contributed by atoms with van der Waals surface area (Å²) in [6, 6.07) is 9.76. The molecular weight excluding hydrogens is 306 g/mol. The molecule has 3 aromatic rings. The molecule has 0 aliphatic rings. The zero-order valence-electron chi connectivity index (χ0n) is 11.1. The maximum Gasteiger partial charge on any atom is 0.347 e. The number of rotatable bonds is 4. The van der Waals surface area contributed by atoms with Gasteiger partial charge in [0.1, 0.15) is 5.01 Å². The average molecular weight is 318 g/mol. The van der Waals surface area contributed by atoms with Crippen LogP contribution in [0, 0.1) is 0 Å². The van der Waals surface area contributed by atoms with Crippen molar-refractivity contribution in [3.05, 3.63) is 69.8 Å². The molecule has 4 nitrogen and oxygen atoms in total. The molecular formula is C15H12ClN3OS. The fourth-order valence-electron chi connectivity index (χ4n) is 1.96. The first-order valence-corrected chi connectivity index (χ1v) is 7.79. The Balaban J connectivity index is 1.81. The Morgan fingerprint density at radius 1 is 1.24 bits per heavy atom. The van der Waals surface area contributed by atoms with Gasteiger partial charge in [-0.15, -0.1) is 22.9 Å². The first kappa shape index (κ1) is 14.0. The highest BCUT2D eigenvalue weighted by molar-refractivity contribution is 7.13. The van der Waals surface area contributed by atoms with Crippen LogP contribution in [0.2, 0.25) is 0 Å². The Morgan fingerprint density at radius 2 is 2.05 bits per heavy atom. The maximum atomic E-state index is 11.6. The first-order valence-electron chi connectivity index (χ1n) is 6.37. The van der Waals surface area contributed by atoms with Crippen molar-refractivity contribution in [2.24, 2.45) is 0 Å². The van der Waals surface area contributed by atoms with Crippen molar-refractivity contribution in [2.75, 3.05) is 0 Å². The third-order valence-electron chi connectivity index (χ3n) is 3.03. The van der Waals surface area contributed by atoms with E-state index in [9.17, 15) is 4.79 Å². The molecule has 21 heavy (non-hydrogen) atoms. The number of nitrogens with zero attached hydrogens (tertiary/aromatic N) is 3. The molecule has 0 bridgehead atoms. The molecule has 0 saturated heterocycles. The third-order valence-corrected chi connectivity index (χ3v) is 4.24. The fraction of sp³-hybridized carbons (Fsp3) is 0.133. The Morgan fingerprint density at radius 3 is 2.71 bits per heavy atom. The molecule has 0 aliphatic carbocycles. The molecule has 0 radical (unpaired) electrons. The second kappa shape index (κ2) is 6.20. The van der Waals surface area contributed by atoms with Gasteiger partial charge in [0.05, 0.1) is 18.1 Å². The van der Waals surface area contributed by atoms with Gasteiger partial charge in [-0.05, 0) is 11.6 Å². The molecule has 3 rings (SSSR count). The summed E-state index contributed by atoms with van der Waals surface area (Å²) in [4.78, 5) is 19.8. The van der Waals surface area contributed by atoms with E-state index >= 15 is 0 Å². The monoisotopic (exact) mass is 317 g/mol. The lowest BCUT2D eigenvalue weighted by Gasteiger charge is -2.05. The van der Waals surface area contributed by atoms with Crippen molar-refractivity contribution in [3.63, 3.8) is 0 Å². The van der Waals surface area contributed by atoms with E-state index in [0.29, 0.717) is 12.4 Å². The van der Waals surface area contributed by atoms with E-state index in [1.165, 1.54) is 6.20 Å². The lowest BCUT2D eigenvalue weighted by molar-refractivity contribution is 0.727. The van der Waals surface area contributed by atoms with Crippen molar-refractivity contribution in [3.8, 4) is 10.6 Å². The first-order chi connectivity index (χ1) is 10.3. The van der Waals surface area contributed by atoms with E-state index in [1.54, 1.807) is 28.2 Å². The molecule has 6 heteroatoms. The van der Waals surface area contributed by atoms with Crippen molar-refractivity contribution >= 4 is 22.9 Å². The normalized spacial score (nSPS) is 10.7. The number of alkyl halides is 1. The smallest absolute Gasteiger partial charge is 0.295 e. The lowest BCUT2D eigenvalue weighted by Crippen LogP contribution is -2.21. The summed E-state index contributed by atoms with van der Waals surface area (Å²) in [6.45, 7) is 0.512. The number of aromatic nitrogens is 3. The fourth-order valence-corrected chi connectivity index (χ4v) is 3.01. The van der Waals surface area contributed by atoms with Gasteiger partial charge in [-0.3, -0.25) is 4.57 Å². The highest BCUT2D eigenvalue weighted by Gasteiger charge is 2.04. The quantitative estimate of drug-likeness (QED) is 0.694. The lowest BCUT2D eigenvalue weighted by atomic mass is 10.1. The van der Waals surface area contributed by atoms with E-state index in [2.05, 4.69) is 9.97 Å². The number of halogens is 1. The van der Waals surface area contributed by atoms with Crippen LogP contribution in [0.25, 0.3) is 10.6 Å². The minimum atomic E-state index is -0.242. The zero-order valence-corrected chi connectivity index (χ0v) is 12.6. The molecule has 106 valence electrons. The largest absolute Gasteiger partial charge is 0.347 e. The Hall–Kier alpha value is -1.98. The van der Waals surface area contributed by atoms with Crippen LogP contribution in [-0.4, -0.2) is 14.5 Å². The highest BCUT2D eigenvalue weighted by atomic mass is 35.5. The summed E-state index contributed by atoms with van der Waals surface area (Å²) in [5, 5.41) is 2.92. The van der Waals surface area contributed by atoms with Crippen LogP contribution in [-0.2, 0) is 12.4 Å². The minimum absolute atomic E-state index is 0.242. The molecule has 0 N–H and O–H groups in total. The van der Waals surface area contributed by atoms with Gasteiger partial charge in [0.2, 0.25) is 0 Å². The van der Waals surface area contributed by atoms with Gasteiger partial charge in [0, 0.05) is 23.3 Å². The summed E-state index contributed by atoms with van der Waals surface area (Å²) in [6.07, 6.45) is 3.23. The molecule has 0 saturated carbocycles. The Bertz CT molecular complexity index is 795. The summed E-state index contributed by atoms with van der Waals surface area (Å²) in [7, 11) is 0. The van der Waals surface area contributed by atoms with Gasteiger partial charge in [0.15, 0.2) is 0 Å². The van der Waals surface area contributed by atoms with Crippen molar-refractivity contribution < 1.29 is 0 Å². The molecule has 0 atom stereocenters. The van der Waals surface area contributed by atoms with Crippen LogP contribution < -0.4 is 5.69 Å². The number of thiazole rings is 1.